The van der Waals surface area contributed by atoms with Gasteiger partial charge in [-0.3, -0.25) is 0 Å². The molecule has 20 heavy (non-hydrogen) atoms. The average molecular weight is 279 g/mol. The van der Waals surface area contributed by atoms with Gasteiger partial charge in [0, 0.05) is 6.04 Å². The van der Waals surface area contributed by atoms with Gasteiger partial charge in [0.05, 0.1) is 5.56 Å². The van der Waals surface area contributed by atoms with Crippen molar-refractivity contribution in [1.29, 1.82) is 0 Å². The molecular formula is C16H16F3N. The molecule has 2 rings (SSSR count). The van der Waals surface area contributed by atoms with Gasteiger partial charge in [-0.25, -0.2) is 0 Å². The van der Waals surface area contributed by atoms with Crippen LogP contribution in [0, 0.1) is 0 Å². The van der Waals surface area contributed by atoms with Crippen molar-refractivity contribution in [3.63, 3.8) is 0 Å². The summed E-state index contributed by atoms with van der Waals surface area (Å²) >= 11 is 0. The number of rotatable bonds is 3. The van der Waals surface area contributed by atoms with Crippen LogP contribution in [0.3, 0.4) is 0 Å². The molecule has 0 aliphatic rings. The summed E-state index contributed by atoms with van der Waals surface area (Å²) in [5.74, 6) is 0. The Hall–Kier alpha value is -1.81. The molecule has 0 fully saturated rings. The maximum Gasteiger partial charge on any atom is 0.417 e. The van der Waals surface area contributed by atoms with Gasteiger partial charge in [0.1, 0.15) is 0 Å². The van der Waals surface area contributed by atoms with Crippen molar-refractivity contribution in [2.75, 3.05) is 7.05 Å². The molecule has 1 unspecified atom stereocenters. The van der Waals surface area contributed by atoms with Crippen LogP contribution in [0.5, 0.6) is 0 Å². The van der Waals surface area contributed by atoms with E-state index in [0.29, 0.717) is 5.56 Å². The lowest BCUT2D eigenvalue weighted by atomic mass is 9.97. The van der Waals surface area contributed by atoms with Crippen LogP contribution in [0.2, 0.25) is 0 Å². The minimum Gasteiger partial charge on any atom is -0.313 e. The van der Waals surface area contributed by atoms with Gasteiger partial charge < -0.3 is 5.32 Å². The highest BCUT2D eigenvalue weighted by Crippen LogP contribution is 2.37. The molecule has 0 aliphatic carbocycles. The lowest BCUT2D eigenvalue weighted by molar-refractivity contribution is -0.137. The van der Waals surface area contributed by atoms with E-state index in [4.69, 9.17) is 0 Å². The average Bonchev–Trinajstić information content (AvgIpc) is 2.46. The lowest BCUT2D eigenvalue weighted by Gasteiger charge is -2.14. The van der Waals surface area contributed by atoms with Crippen molar-refractivity contribution in [1.82, 2.24) is 5.32 Å². The van der Waals surface area contributed by atoms with Crippen molar-refractivity contribution in [2.45, 2.75) is 19.1 Å². The summed E-state index contributed by atoms with van der Waals surface area (Å²) in [6.45, 7) is 2.00. The fourth-order valence-electron chi connectivity index (χ4n) is 2.10. The fourth-order valence-corrected chi connectivity index (χ4v) is 2.10. The molecule has 0 amide bonds. The third kappa shape index (κ3) is 3.02. The van der Waals surface area contributed by atoms with Crippen LogP contribution in [-0.4, -0.2) is 7.05 Å². The van der Waals surface area contributed by atoms with Gasteiger partial charge in [-0.2, -0.15) is 13.2 Å². The predicted octanol–water partition coefficient (Wildman–Crippen LogP) is 4.65. The first-order valence-corrected chi connectivity index (χ1v) is 6.37. The first-order chi connectivity index (χ1) is 9.43. The van der Waals surface area contributed by atoms with Crippen LogP contribution in [0.4, 0.5) is 13.2 Å². The van der Waals surface area contributed by atoms with E-state index >= 15 is 0 Å². The first kappa shape index (κ1) is 14.6. The van der Waals surface area contributed by atoms with Gasteiger partial charge in [0.25, 0.3) is 0 Å². The zero-order chi connectivity index (χ0) is 14.8. The van der Waals surface area contributed by atoms with E-state index < -0.39 is 11.7 Å². The fraction of sp³-hybridized carbons (Fsp3) is 0.250. The van der Waals surface area contributed by atoms with E-state index in [-0.39, 0.29) is 11.6 Å². The second-order valence-electron chi connectivity index (χ2n) is 4.68. The number of hydrogen-bond donors (Lipinski definition) is 1. The van der Waals surface area contributed by atoms with E-state index in [1.54, 1.807) is 18.2 Å². The maximum absolute atomic E-state index is 13.0. The van der Waals surface area contributed by atoms with Gasteiger partial charge >= 0.3 is 6.18 Å². The van der Waals surface area contributed by atoms with Gasteiger partial charge in [-0.1, -0.05) is 42.5 Å². The molecule has 0 aromatic heterocycles. The number of nitrogens with one attached hydrogen (secondary N) is 1. The molecule has 0 radical (unpaired) electrons. The molecule has 2 aromatic carbocycles. The molecule has 106 valence electrons. The van der Waals surface area contributed by atoms with Crippen LogP contribution < -0.4 is 5.32 Å². The van der Waals surface area contributed by atoms with Crippen molar-refractivity contribution >= 4 is 0 Å². The normalized spacial score (nSPS) is 13.2. The zero-order valence-corrected chi connectivity index (χ0v) is 11.3. The van der Waals surface area contributed by atoms with Crippen LogP contribution in [-0.2, 0) is 6.18 Å². The molecule has 1 atom stereocenters. The molecule has 0 bridgehead atoms. The lowest BCUT2D eigenvalue weighted by Crippen LogP contribution is -2.12. The summed E-state index contributed by atoms with van der Waals surface area (Å²) in [4.78, 5) is 0. The van der Waals surface area contributed by atoms with Crippen LogP contribution in [0.15, 0.2) is 48.5 Å². The summed E-state index contributed by atoms with van der Waals surface area (Å²) in [7, 11) is 1.84. The monoisotopic (exact) mass is 279 g/mol. The second kappa shape index (κ2) is 5.67. The van der Waals surface area contributed by atoms with Crippen molar-refractivity contribution in [3.8, 4) is 11.1 Å². The third-order valence-corrected chi connectivity index (χ3v) is 3.39. The Bertz CT molecular complexity index is 573. The third-order valence-electron chi connectivity index (χ3n) is 3.39. The Labute approximate surface area is 116 Å². The van der Waals surface area contributed by atoms with Crippen molar-refractivity contribution in [3.05, 3.63) is 59.7 Å². The highest BCUT2D eigenvalue weighted by molar-refractivity contribution is 5.68. The Kier molecular flexibility index (Phi) is 4.14. The van der Waals surface area contributed by atoms with Crippen molar-refractivity contribution < 1.29 is 13.2 Å². The SMILES string of the molecule is CNC(C)c1ccc(-c2ccccc2C(F)(F)F)cc1. The minimum absolute atomic E-state index is 0.168. The molecule has 0 heterocycles. The summed E-state index contributed by atoms with van der Waals surface area (Å²) in [5.41, 5.74) is 1.23. The van der Waals surface area contributed by atoms with Crippen LogP contribution >= 0.6 is 0 Å². The molecule has 0 saturated carbocycles. The maximum atomic E-state index is 13.0. The first-order valence-electron chi connectivity index (χ1n) is 6.37. The van der Waals surface area contributed by atoms with E-state index in [9.17, 15) is 13.2 Å². The minimum atomic E-state index is -4.34. The standard InChI is InChI=1S/C16H16F3N/c1-11(20-2)12-7-9-13(10-8-12)14-5-3-4-6-15(14)16(17,18)19/h3-11,20H,1-2H3. The molecular weight excluding hydrogens is 263 g/mol. The van der Waals surface area contributed by atoms with Crippen molar-refractivity contribution in [2.24, 2.45) is 0 Å². The summed E-state index contributed by atoms with van der Waals surface area (Å²) < 4.78 is 39.0. The second-order valence-corrected chi connectivity index (χ2v) is 4.68. The molecule has 0 spiro atoms. The van der Waals surface area contributed by atoms with Crippen LogP contribution in [0.25, 0.3) is 11.1 Å². The topological polar surface area (TPSA) is 12.0 Å². The number of halogens is 3. The molecule has 4 heteroatoms. The van der Waals surface area contributed by atoms with E-state index in [2.05, 4.69) is 5.32 Å². The van der Waals surface area contributed by atoms with Gasteiger partial charge in [-0.15, -0.1) is 0 Å². The predicted molar refractivity (Wildman–Crippen MR) is 74.4 cm³/mol. The molecule has 0 aliphatic heterocycles. The van der Waals surface area contributed by atoms with Gasteiger partial charge in [0.2, 0.25) is 0 Å². The summed E-state index contributed by atoms with van der Waals surface area (Å²) in [6, 6.07) is 13.0. The largest absolute Gasteiger partial charge is 0.417 e. The Morgan fingerprint density at radius 2 is 1.55 bits per heavy atom. The van der Waals surface area contributed by atoms with E-state index in [1.165, 1.54) is 12.1 Å². The molecule has 1 N–H and O–H groups in total. The summed E-state index contributed by atoms with van der Waals surface area (Å²) in [6.07, 6.45) is -4.34. The number of alkyl halides is 3. The molecule has 0 saturated heterocycles. The van der Waals surface area contributed by atoms with Gasteiger partial charge in [0.15, 0.2) is 0 Å². The number of benzene rings is 2. The Morgan fingerprint density at radius 1 is 0.950 bits per heavy atom. The van der Waals surface area contributed by atoms with E-state index in [1.807, 2.05) is 26.1 Å². The molecule has 1 nitrogen and oxygen atoms in total. The Morgan fingerprint density at radius 3 is 2.10 bits per heavy atom. The smallest absolute Gasteiger partial charge is 0.313 e. The highest BCUT2D eigenvalue weighted by Gasteiger charge is 2.33. The summed E-state index contributed by atoms with van der Waals surface area (Å²) in [5, 5.41) is 3.10. The van der Waals surface area contributed by atoms with Crippen LogP contribution in [0.1, 0.15) is 24.1 Å². The molecule has 2 aromatic rings. The quantitative estimate of drug-likeness (QED) is 0.862. The highest BCUT2D eigenvalue weighted by atomic mass is 19.4. The number of hydrogen-bond acceptors (Lipinski definition) is 1. The van der Waals surface area contributed by atoms with Gasteiger partial charge in [-0.05, 0) is 36.7 Å². The zero-order valence-electron chi connectivity index (χ0n) is 11.3. The van der Waals surface area contributed by atoms with E-state index in [0.717, 1.165) is 11.6 Å². The Balaban J connectivity index is 2.42.